The molecule has 0 amide bonds. The third kappa shape index (κ3) is 4.19. The molecule has 24 heavy (non-hydrogen) atoms. The maximum atomic E-state index is 5.99. The molecule has 0 saturated heterocycles. The standard InChI is InChI=1S/C19H21ClN2.C2H6/c1-13(2)18-9-6-16(15-4-7-17(20)8-5-15)12-19(18)22-11-10-14(3)21-22;1-2/h4-14,21H,1-3H3;1-2H3. The van der Waals surface area contributed by atoms with E-state index < -0.39 is 0 Å². The number of rotatable bonds is 3. The van der Waals surface area contributed by atoms with E-state index in [0.717, 1.165) is 5.02 Å². The summed E-state index contributed by atoms with van der Waals surface area (Å²) in [7, 11) is 0. The van der Waals surface area contributed by atoms with Gasteiger partial charge in [0.25, 0.3) is 0 Å². The van der Waals surface area contributed by atoms with E-state index in [4.69, 9.17) is 11.6 Å². The van der Waals surface area contributed by atoms with E-state index in [0.29, 0.717) is 12.0 Å². The molecule has 3 heteroatoms. The first-order valence-electron chi connectivity index (χ1n) is 8.68. The minimum absolute atomic E-state index is 0.360. The Morgan fingerprint density at radius 2 is 1.62 bits per heavy atom. The molecule has 1 heterocycles. The van der Waals surface area contributed by atoms with Crippen molar-refractivity contribution in [1.29, 1.82) is 0 Å². The van der Waals surface area contributed by atoms with E-state index in [1.54, 1.807) is 0 Å². The summed E-state index contributed by atoms with van der Waals surface area (Å²) in [5.41, 5.74) is 8.38. The van der Waals surface area contributed by atoms with E-state index in [-0.39, 0.29) is 0 Å². The van der Waals surface area contributed by atoms with E-state index in [9.17, 15) is 0 Å². The molecule has 0 bridgehead atoms. The van der Waals surface area contributed by atoms with E-state index in [2.05, 4.69) is 73.8 Å². The largest absolute Gasteiger partial charge is 0.284 e. The van der Waals surface area contributed by atoms with Crippen LogP contribution in [-0.4, -0.2) is 6.04 Å². The molecule has 2 aromatic rings. The van der Waals surface area contributed by atoms with Crippen LogP contribution in [0.15, 0.2) is 54.7 Å². The minimum atomic E-state index is 0.360. The van der Waals surface area contributed by atoms with Crippen LogP contribution in [0.4, 0.5) is 5.69 Å². The van der Waals surface area contributed by atoms with Crippen LogP contribution >= 0.6 is 11.6 Å². The van der Waals surface area contributed by atoms with Crippen molar-refractivity contribution in [2.45, 2.75) is 46.6 Å². The molecule has 0 radical (unpaired) electrons. The summed E-state index contributed by atoms with van der Waals surface area (Å²) in [5.74, 6) is 0.473. The fraction of sp³-hybridized carbons (Fsp3) is 0.333. The second-order valence-electron chi connectivity index (χ2n) is 6.06. The first kappa shape index (κ1) is 18.6. The third-order valence-corrected chi connectivity index (χ3v) is 4.21. The summed E-state index contributed by atoms with van der Waals surface area (Å²) in [6.07, 6.45) is 4.27. The van der Waals surface area contributed by atoms with Gasteiger partial charge in [-0.05, 0) is 53.8 Å². The first-order chi connectivity index (χ1) is 11.5. The number of hydrogen-bond donors (Lipinski definition) is 1. The molecular weight excluding hydrogens is 316 g/mol. The van der Waals surface area contributed by atoms with Crippen LogP contribution in [-0.2, 0) is 0 Å². The lowest BCUT2D eigenvalue weighted by molar-refractivity contribution is 0.678. The molecule has 0 saturated carbocycles. The van der Waals surface area contributed by atoms with Gasteiger partial charge in [-0.1, -0.05) is 63.6 Å². The smallest absolute Gasteiger partial charge is 0.0611 e. The molecule has 1 aliphatic rings. The van der Waals surface area contributed by atoms with Gasteiger partial charge in [0.2, 0.25) is 0 Å². The average molecular weight is 343 g/mol. The highest BCUT2D eigenvalue weighted by atomic mass is 35.5. The highest BCUT2D eigenvalue weighted by Gasteiger charge is 2.17. The maximum absolute atomic E-state index is 5.99. The Hall–Kier alpha value is -1.77. The molecule has 0 fully saturated rings. The van der Waals surface area contributed by atoms with Gasteiger partial charge in [0.05, 0.1) is 5.69 Å². The van der Waals surface area contributed by atoms with E-state index in [1.807, 2.05) is 26.0 Å². The van der Waals surface area contributed by atoms with E-state index in [1.165, 1.54) is 22.4 Å². The topological polar surface area (TPSA) is 15.3 Å². The lowest BCUT2D eigenvalue weighted by atomic mass is 9.96. The maximum Gasteiger partial charge on any atom is 0.0611 e. The van der Waals surface area contributed by atoms with Crippen LogP contribution in [0.3, 0.4) is 0 Å². The minimum Gasteiger partial charge on any atom is -0.284 e. The summed E-state index contributed by atoms with van der Waals surface area (Å²) in [6.45, 7) is 10.6. The van der Waals surface area contributed by atoms with Crippen LogP contribution < -0.4 is 10.4 Å². The zero-order valence-electron chi connectivity index (χ0n) is 15.2. The van der Waals surface area contributed by atoms with Crippen LogP contribution in [0.2, 0.25) is 5.02 Å². The number of hydrogen-bond acceptors (Lipinski definition) is 2. The highest BCUT2D eigenvalue weighted by molar-refractivity contribution is 6.30. The van der Waals surface area contributed by atoms with Crippen LogP contribution in [0.25, 0.3) is 11.1 Å². The Kier molecular flexibility index (Phi) is 6.47. The van der Waals surface area contributed by atoms with Crippen molar-refractivity contribution in [3.8, 4) is 11.1 Å². The van der Waals surface area contributed by atoms with Gasteiger partial charge in [0.1, 0.15) is 0 Å². The Morgan fingerprint density at radius 1 is 1.00 bits per heavy atom. The van der Waals surface area contributed by atoms with Crippen molar-refractivity contribution in [3.63, 3.8) is 0 Å². The van der Waals surface area contributed by atoms with Gasteiger partial charge in [-0.2, -0.15) is 0 Å². The number of benzene rings is 2. The van der Waals surface area contributed by atoms with Crippen molar-refractivity contribution < 1.29 is 0 Å². The number of hydrazine groups is 1. The molecule has 1 N–H and O–H groups in total. The SMILES string of the molecule is CC.CC1C=CN(c2cc(-c3ccc(Cl)cc3)ccc2C(C)C)N1. The van der Waals surface area contributed by atoms with Crippen LogP contribution in [0.1, 0.15) is 46.1 Å². The Labute approximate surface area is 151 Å². The summed E-state index contributed by atoms with van der Waals surface area (Å²) in [4.78, 5) is 0. The van der Waals surface area contributed by atoms with Gasteiger partial charge in [-0.25, -0.2) is 5.43 Å². The number of anilines is 1. The third-order valence-electron chi connectivity index (χ3n) is 3.96. The normalized spacial score (nSPS) is 16.3. The Bertz CT molecular complexity index is 689. The predicted molar refractivity (Wildman–Crippen MR) is 107 cm³/mol. The van der Waals surface area contributed by atoms with E-state index >= 15 is 0 Å². The second-order valence-corrected chi connectivity index (χ2v) is 6.50. The number of nitrogens with one attached hydrogen (secondary N) is 1. The zero-order chi connectivity index (χ0) is 17.7. The lowest BCUT2D eigenvalue weighted by Crippen LogP contribution is -2.34. The van der Waals surface area contributed by atoms with Crippen molar-refractivity contribution in [3.05, 3.63) is 65.3 Å². The van der Waals surface area contributed by atoms with Gasteiger partial charge in [0, 0.05) is 17.3 Å². The summed E-state index contributed by atoms with van der Waals surface area (Å²) in [5, 5.41) is 2.89. The molecule has 0 spiro atoms. The van der Waals surface area contributed by atoms with Crippen molar-refractivity contribution in [2.24, 2.45) is 0 Å². The van der Waals surface area contributed by atoms with Crippen LogP contribution in [0.5, 0.6) is 0 Å². The second kappa shape index (κ2) is 8.36. The van der Waals surface area contributed by atoms with Gasteiger partial charge in [-0.3, -0.25) is 5.01 Å². The summed E-state index contributed by atoms with van der Waals surface area (Å²) < 4.78 is 0. The molecule has 2 nitrogen and oxygen atoms in total. The highest BCUT2D eigenvalue weighted by Crippen LogP contribution is 2.33. The summed E-state index contributed by atoms with van der Waals surface area (Å²) in [6, 6.07) is 15.0. The Morgan fingerprint density at radius 3 is 2.17 bits per heavy atom. The lowest BCUT2D eigenvalue weighted by Gasteiger charge is -2.24. The molecule has 0 aromatic heterocycles. The fourth-order valence-electron chi connectivity index (χ4n) is 2.73. The molecule has 2 aromatic carbocycles. The van der Waals surface area contributed by atoms with Crippen molar-refractivity contribution in [2.75, 3.05) is 5.01 Å². The molecule has 1 aliphatic heterocycles. The monoisotopic (exact) mass is 342 g/mol. The molecular formula is C21H27ClN2. The molecule has 1 atom stereocenters. The molecule has 3 rings (SSSR count). The molecule has 0 aliphatic carbocycles. The van der Waals surface area contributed by atoms with Crippen molar-refractivity contribution in [1.82, 2.24) is 5.43 Å². The quantitative estimate of drug-likeness (QED) is 0.695. The fourth-order valence-corrected chi connectivity index (χ4v) is 2.86. The molecule has 1 unspecified atom stereocenters. The summed E-state index contributed by atoms with van der Waals surface area (Å²) >= 11 is 5.99. The average Bonchev–Trinajstić information content (AvgIpc) is 3.03. The van der Waals surface area contributed by atoms with Gasteiger partial charge in [-0.15, -0.1) is 0 Å². The number of halogens is 1. The number of nitrogens with zero attached hydrogens (tertiary/aromatic N) is 1. The molecule has 128 valence electrons. The predicted octanol–water partition coefficient (Wildman–Crippen LogP) is 6.38. The van der Waals surface area contributed by atoms with Gasteiger partial charge < -0.3 is 0 Å². The van der Waals surface area contributed by atoms with Gasteiger partial charge in [0.15, 0.2) is 0 Å². The first-order valence-corrected chi connectivity index (χ1v) is 9.06. The Balaban J connectivity index is 0.00000100. The zero-order valence-corrected chi connectivity index (χ0v) is 15.9. The van der Waals surface area contributed by atoms with Crippen molar-refractivity contribution >= 4 is 17.3 Å². The van der Waals surface area contributed by atoms with Gasteiger partial charge >= 0.3 is 0 Å². The van der Waals surface area contributed by atoms with Crippen LogP contribution in [0, 0.1) is 0 Å².